The maximum atomic E-state index is 3.57. The van der Waals surface area contributed by atoms with Crippen LogP contribution in [0.4, 0.5) is 0 Å². The third-order valence-electron chi connectivity index (χ3n) is 3.70. The second-order valence-corrected chi connectivity index (χ2v) is 5.19. The zero-order chi connectivity index (χ0) is 11.1. The van der Waals surface area contributed by atoms with Gasteiger partial charge in [0.2, 0.25) is 0 Å². The van der Waals surface area contributed by atoms with E-state index in [1.54, 1.807) is 0 Å². The lowest BCUT2D eigenvalue weighted by Gasteiger charge is -2.04. The molecule has 16 heavy (non-hydrogen) atoms. The quantitative estimate of drug-likeness (QED) is 0.655. The summed E-state index contributed by atoms with van der Waals surface area (Å²) in [5.41, 5.74) is 2.90. The molecule has 90 valence electrons. The van der Waals surface area contributed by atoms with E-state index >= 15 is 0 Å². The topological polar surface area (TPSA) is 15.8 Å². The highest BCUT2D eigenvalue weighted by atomic mass is 14.7. The van der Waals surface area contributed by atoms with E-state index in [4.69, 9.17) is 0 Å². The summed E-state index contributed by atoms with van der Waals surface area (Å²) >= 11 is 0. The van der Waals surface area contributed by atoms with E-state index in [1.807, 2.05) is 0 Å². The second-order valence-electron chi connectivity index (χ2n) is 5.19. The van der Waals surface area contributed by atoms with Gasteiger partial charge in [0.05, 0.1) is 0 Å². The van der Waals surface area contributed by atoms with Crippen molar-refractivity contribution in [3.8, 4) is 0 Å². The van der Waals surface area contributed by atoms with Crippen molar-refractivity contribution in [3.63, 3.8) is 0 Å². The standard InChI is InChI=1S/C15H25N/c1-2-4-6-8-10-14-12-13-15(16-14)11-9-7-5-3-1/h12-13,16H,1-11H2. The molecular weight excluding hydrogens is 194 g/mol. The van der Waals surface area contributed by atoms with E-state index in [-0.39, 0.29) is 0 Å². The van der Waals surface area contributed by atoms with Crippen molar-refractivity contribution < 1.29 is 0 Å². The molecule has 1 N–H and O–H groups in total. The fourth-order valence-corrected chi connectivity index (χ4v) is 2.65. The molecule has 2 heterocycles. The molecule has 1 aliphatic rings. The summed E-state index contributed by atoms with van der Waals surface area (Å²) < 4.78 is 0. The van der Waals surface area contributed by atoms with Crippen LogP contribution in [0.5, 0.6) is 0 Å². The summed E-state index contributed by atoms with van der Waals surface area (Å²) in [7, 11) is 0. The van der Waals surface area contributed by atoms with Crippen LogP contribution in [-0.2, 0) is 12.8 Å². The summed E-state index contributed by atoms with van der Waals surface area (Å²) in [6.07, 6.45) is 15.3. The smallest absolute Gasteiger partial charge is 0.0149 e. The molecule has 0 amide bonds. The second kappa shape index (κ2) is 6.78. The van der Waals surface area contributed by atoms with Crippen LogP contribution < -0.4 is 0 Å². The number of nitrogens with one attached hydrogen (secondary N) is 1. The van der Waals surface area contributed by atoms with Gasteiger partial charge >= 0.3 is 0 Å². The normalized spacial score (nSPS) is 20.2. The molecule has 1 heteroatoms. The molecule has 1 nitrogen and oxygen atoms in total. The Morgan fingerprint density at radius 2 is 0.938 bits per heavy atom. The van der Waals surface area contributed by atoms with Crippen LogP contribution in [0.1, 0.15) is 69.2 Å². The molecule has 1 aromatic heterocycles. The molecule has 0 spiro atoms. The predicted molar refractivity (Wildman–Crippen MR) is 69.8 cm³/mol. The maximum absolute atomic E-state index is 3.57. The van der Waals surface area contributed by atoms with E-state index in [0.717, 1.165) is 0 Å². The minimum atomic E-state index is 1.25. The van der Waals surface area contributed by atoms with Gasteiger partial charge in [0.1, 0.15) is 0 Å². The van der Waals surface area contributed by atoms with E-state index in [0.29, 0.717) is 0 Å². The van der Waals surface area contributed by atoms with Crippen molar-refractivity contribution in [2.75, 3.05) is 0 Å². The molecule has 1 aliphatic heterocycles. The molecule has 2 rings (SSSR count). The van der Waals surface area contributed by atoms with Gasteiger partial charge < -0.3 is 4.98 Å². The van der Waals surface area contributed by atoms with Crippen LogP contribution >= 0.6 is 0 Å². The number of aryl methyl sites for hydroxylation is 2. The first-order valence-electron chi connectivity index (χ1n) is 7.12. The molecule has 0 atom stereocenters. The van der Waals surface area contributed by atoms with Gasteiger partial charge in [-0.05, 0) is 37.8 Å². The zero-order valence-electron chi connectivity index (χ0n) is 10.4. The van der Waals surface area contributed by atoms with Crippen molar-refractivity contribution in [3.05, 3.63) is 23.5 Å². The van der Waals surface area contributed by atoms with Crippen LogP contribution in [0.3, 0.4) is 0 Å². The lowest BCUT2D eigenvalue weighted by atomic mass is 10.0. The van der Waals surface area contributed by atoms with Gasteiger partial charge in [-0.3, -0.25) is 0 Å². The minimum absolute atomic E-state index is 1.25. The summed E-state index contributed by atoms with van der Waals surface area (Å²) in [4.78, 5) is 3.57. The number of aromatic amines is 1. The number of hydrogen-bond acceptors (Lipinski definition) is 0. The maximum Gasteiger partial charge on any atom is 0.0149 e. The van der Waals surface area contributed by atoms with Crippen LogP contribution in [0.15, 0.2) is 12.1 Å². The van der Waals surface area contributed by atoms with Gasteiger partial charge in [0.15, 0.2) is 0 Å². The third-order valence-corrected chi connectivity index (χ3v) is 3.70. The number of aromatic nitrogens is 1. The molecule has 0 unspecified atom stereocenters. The number of rotatable bonds is 0. The molecule has 2 bridgehead atoms. The lowest BCUT2D eigenvalue weighted by Crippen LogP contribution is -1.91. The molecule has 0 aliphatic carbocycles. The Labute approximate surface area is 99.6 Å². The summed E-state index contributed by atoms with van der Waals surface area (Å²) in [6.45, 7) is 0. The van der Waals surface area contributed by atoms with Gasteiger partial charge in [-0.15, -0.1) is 0 Å². The van der Waals surface area contributed by atoms with Crippen molar-refractivity contribution in [1.29, 1.82) is 0 Å². The predicted octanol–water partition coefficient (Wildman–Crippen LogP) is 4.62. The van der Waals surface area contributed by atoms with Gasteiger partial charge in [0.25, 0.3) is 0 Å². The average molecular weight is 219 g/mol. The van der Waals surface area contributed by atoms with Gasteiger partial charge in [-0.25, -0.2) is 0 Å². The Kier molecular flexibility index (Phi) is 4.98. The summed E-state index contributed by atoms with van der Waals surface area (Å²) in [5, 5.41) is 0. The molecule has 0 saturated heterocycles. The molecule has 1 aromatic rings. The fraction of sp³-hybridized carbons (Fsp3) is 0.733. The van der Waals surface area contributed by atoms with Crippen molar-refractivity contribution >= 4 is 0 Å². The molecule has 0 radical (unpaired) electrons. The van der Waals surface area contributed by atoms with Crippen LogP contribution in [0.25, 0.3) is 0 Å². The fourth-order valence-electron chi connectivity index (χ4n) is 2.65. The third kappa shape index (κ3) is 4.03. The zero-order valence-corrected chi connectivity index (χ0v) is 10.4. The Hall–Kier alpha value is -0.720. The van der Waals surface area contributed by atoms with Crippen molar-refractivity contribution in [2.24, 2.45) is 0 Å². The van der Waals surface area contributed by atoms with Crippen LogP contribution in [-0.4, -0.2) is 4.98 Å². The highest BCUT2D eigenvalue weighted by Crippen LogP contribution is 2.15. The highest BCUT2D eigenvalue weighted by Gasteiger charge is 2.01. The van der Waals surface area contributed by atoms with E-state index in [2.05, 4.69) is 17.1 Å². The van der Waals surface area contributed by atoms with Gasteiger partial charge in [0, 0.05) is 11.4 Å². The molecule has 0 aromatic carbocycles. The van der Waals surface area contributed by atoms with Crippen molar-refractivity contribution in [1.82, 2.24) is 4.98 Å². The minimum Gasteiger partial charge on any atom is -0.362 e. The lowest BCUT2D eigenvalue weighted by molar-refractivity contribution is 0.553. The van der Waals surface area contributed by atoms with Crippen molar-refractivity contribution in [2.45, 2.75) is 70.6 Å². The Morgan fingerprint density at radius 3 is 1.38 bits per heavy atom. The number of H-pyrrole nitrogens is 1. The average Bonchev–Trinajstić information content (AvgIpc) is 2.73. The van der Waals surface area contributed by atoms with E-state index < -0.39 is 0 Å². The molecule has 0 saturated carbocycles. The Bertz CT molecular complexity index is 261. The first-order valence-corrected chi connectivity index (χ1v) is 7.12. The molecule has 0 fully saturated rings. The van der Waals surface area contributed by atoms with E-state index in [1.165, 1.54) is 82.0 Å². The van der Waals surface area contributed by atoms with Crippen LogP contribution in [0.2, 0.25) is 0 Å². The summed E-state index contributed by atoms with van der Waals surface area (Å²) in [6, 6.07) is 4.57. The SMILES string of the molecule is c1cc2[nH]c1CCCCCCCCCCC2. The Balaban J connectivity index is 1.84. The Morgan fingerprint density at radius 1 is 0.562 bits per heavy atom. The van der Waals surface area contributed by atoms with E-state index in [9.17, 15) is 0 Å². The largest absolute Gasteiger partial charge is 0.362 e. The highest BCUT2D eigenvalue weighted by molar-refractivity contribution is 5.13. The monoisotopic (exact) mass is 219 g/mol. The van der Waals surface area contributed by atoms with Gasteiger partial charge in [-0.2, -0.15) is 0 Å². The number of fused-ring (bicyclic) bond motifs is 2. The van der Waals surface area contributed by atoms with Gasteiger partial charge in [-0.1, -0.05) is 44.9 Å². The molecular formula is C15H25N. The first kappa shape index (κ1) is 11.8. The number of hydrogen-bond donors (Lipinski definition) is 1. The summed E-state index contributed by atoms with van der Waals surface area (Å²) in [5.74, 6) is 0. The van der Waals surface area contributed by atoms with Crippen LogP contribution in [0, 0.1) is 0 Å². The first-order chi connectivity index (χ1) is 7.95.